The number of hydrazone groups is 1. The van der Waals surface area contributed by atoms with Gasteiger partial charge in [-0.25, -0.2) is 5.43 Å². The first-order valence-corrected chi connectivity index (χ1v) is 8.45. The molecule has 8 heteroatoms. The zero-order valence-electron chi connectivity index (χ0n) is 15.4. The van der Waals surface area contributed by atoms with Gasteiger partial charge < -0.3 is 9.47 Å². The first-order valence-electron chi connectivity index (χ1n) is 8.45. The van der Waals surface area contributed by atoms with Crippen molar-refractivity contribution in [3.05, 3.63) is 63.7 Å². The number of non-ortho nitro benzene ring substituents is 1. The lowest BCUT2D eigenvalue weighted by atomic mass is 10.1. The molecule has 0 aliphatic heterocycles. The minimum absolute atomic E-state index is 0.0830. The SMILES string of the molecule is CCOc1ccc(OCC)c(/C(C)=N\NC(=O)c2ccc([N+](=O)[O-])cc2)c1. The fourth-order valence-electron chi connectivity index (χ4n) is 2.32. The second-order valence-corrected chi connectivity index (χ2v) is 5.47. The Balaban J connectivity index is 2.19. The average Bonchev–Trinajstić information content (AvgIpc) is 2.67. The molecular formula is C19H21N3O5. The summed E-state index contributed by atoms with van der Waals surface area (Å²) in [6, 6.07) is 10.7. The molecule has 142 valence electrons. The van der Waals surface area contributed by atoms with Crippen LogP contribution in [0.2, 0.25) is 0 Å². The lowest BCUT2D eigenvalue weighted by Crippen LogP contribution is -2.19. The van der Waals surface area contributed by atoms with Gasteiger partial charge in [-0.2, -0.15) is 5.10 Å². The number of nitro groups is 1. The number of benzene rings is 2. The summed E-state index contributed by atoms with van der Waals surface area (Å²) in [7, 11) is 0. The number of ether oxygens (including phenoxy) is 2. The van der Waals surface area contributed by atoms with Gasteiger partial charge in [-0.1, -0.05) is 0 Å². The van der Waals surface area contributed by atoms with E-state index in [1.54, 1.807) is 25.1 Å². The third kappa shape index (κ3) is 5.27. The van der Waals surface area contributed by atoms with Crippen LogP contribution < -0.4 is 14.9 Å². The molecule has 0 saturated heterocycles. The van der Waals surface area contributed by atoms with Crippen molar-refractivity contribution >= 4 is 17.3 Å². The Bertz CT molecular complexity index is 847. The van der Waals surface area contributed by atoms with Gasteiger partial charge in [0.25, 0.3) is 11.6 Å². The number of nitrogens with one attached hydrogen (secondary N) is 1. The van der Waals surface area contributed by atoms with E-state index in [9.17, 15) is 14.9 Å². The Kier molecular flexibility index (Phi) is 6.87. The summed E-state index contributed by atoms with van der Waals surface area (Å²) < 4.78 is 11.1. The second-order valence-electron chi connectivity index (χ2n) is 5.47. The first kappa shape index (κ1) is 19.9. The van der Waals surface area contributed by atoms with Crippen LogP contribution in [0.15, 0.2) is 47.6 Å². The van der Waals surface area contributed by atoms with Crippen molar-refractivity contribution in [3.8, 4) is 11.5 Å². The van der Waals surface area contributed by atoms with Crippen molar-refractivity contribution in [3.63, 3.8) is 0 Å². The number of amides is 1. The third-order valence-corrected chi connectivity index (χ3v) is 3.62. The molecule has 1 amide bonds. The molecule has 0 bridgehead atoms. The van der Waals surface area contributed by atoms with Gasteiger partial charge in [-0.05, 0) is 51.1 Å². The smallest absolute Gasteiger partial charge is 0.271 e. The van der Waals surface area contributed by atoms with E-state index < -0.39 is 10.8 Å². The van der Waals surface area contributed by atoms with Crippen molar-refractivity contribution in [1.82, 2.24) is 5.43 Å². The van der Waals surface area contributed by atoms with Crippen molar-refractivity contribution < 1.29 is 19.2 Å². The van der Waals surface area contributed by atoms with E-state index in [0.717, 1.165) is 0 Å². The fraction of sp³-hybridized carbons (Fsp3) is 0.263. The first-order chi connectivity index (χ1) is 13.0. The molecule has 2 rings (SSSR count). The van der Waals surface area contributed by atoms with Gasteiger partial charge in [0, 0.05) is 23.3 Å². The van der Waals surface area contributed by atoms with Gasteiger partial charge in [-0.15, -0.1) is 0 Å². The van der Waals surface area contributed by atoms with E-state index in [1.165, 1.54) is 24.3 Å². The van der Waals surface area contributed by atoms with Crippen molar-refractivity contribution in [2.24, 2.45) is 5.10 Å². The monoisotopic (exact) mass is 371 g/mol. The predicted octanol–water partition coefficient (Wildman–Crippen LogP) is 3.55. The number of hydrogen-bond donors (Lipinski definition) is 1. The highest BCUT2D eigenvalue weighted by atomic mass is 16.6. The molecule has 2 aromatic rings. The minimum Gasteiger partial charge on any atom is -0.494 e. The van der Waals surface area contributed by atoms with Crippen LogP contribution in [0.1, 0.15) is 36.7 Å². The number of nitro benzene ring substituents is 1. The van der Waals surface area contributed by atoms with Gasteiger partial charge in [0.2, 0.25) is 0 Å². The maximum Gasteiger partial charge on any atom is 0.271 e. The molecule has 27 heavy (non-hydrogen) atoms. The van der Waals surface area contributed by atoms with Crippen LogP contribution in [0.3, 0.4) is 0 Å². The average molecular weight is 371 g/mol. The molecule has 0 heterocycles. The van der Waals surface area contributed by atoms with E-state index in [4.69, 9.17) is 9.47 Å². The maximum atomic E-state index is 12.2. The highest BCUT2D eigenvalue weighted by Gasteiger charge is 2.12. The van der Waals surface area contributed by atoms with E-state index >= 15 is 0 Å². The summed E-state index contributed by atoms with van der Waals surface area (Å²) in [6.07, 6.45) is 0. The normalized spacial score (nSPS) is 11.0. The van der Waals surface area contributed by atoms with Gasteiger partial charge >= 0.3 is 0 Å². The van der Waals surface area contributed by atoms with Crippen LogP contribution in [0, 0.1) is 10.1 Å². The molecule has 0 aliphatic rings. The highest BCUT2D eigenvalue weighted by molar-refractivity contribution is 6.03. The van der Waals surface area contributed by atoms with Crippen LogP contribution in [0.4, 0.5) is 5.69 Å². The van der Waals surface area contributed by atoms with E-state index in [0.29, 0.717) is 36.0 Å². The number of hydrogen-bond acceptors (Lipinski definition) is 6. The molecular weight excluding hydrogens is 350 g/mol. The van der Waals surface area contributed by atoms with Crippen molar-refractivity contribution in [1.29, 1.82) is 0 Å². The van der Waals surface area contributed by atoms with Crippen LogP contribution in [0.25, 0.3) is 0 Å². The number of rotatable bonds is 8. The zero-order valence-corrected chi connectivity index (χ0v) is 15.4. The molecule has 0 aromatic heterocycles. The predicted molar refractivity (Wildman–Crippen MR) is 102 cm³/mol. The topological polar surface area (TPSA) is 103 Å². The zero-order chi connectivity index (χ0) is 19.8. The standard InChI is InChI=1S/C19H21N3O5/c1-4-26-16-10-11-18(27-5-2)17(12-16)13(3)20-21-19(23)14-6-8-15(9-7-14)22(24)25/h6-12H,4-5H2,1-3H3,(H,21,23)/b20-13-. The molecule has 1 N–H and O–H groups in total. The Hall–Kier alpha value is -3.42. The molecule has 8 nitrogen and oxygen atoms in total. The van der Waals surface area contributed by atoms with E-state index in [1.807, 2.05) is 13.8 Å². The number of nitrogens with zero attached hydrogens (tertiary/aromatic N) is 2. The summed E-state index contributed by atoms with van der Waals surface area (Å²) in [4.78, 5) is 22.3. The van der Waals surface area contributed by atoms with Crippen LogP contribution in [0.5, 0.6) is 11.5 Å². The summed E-state index contributed by atoms with van der Waals surface area (Å²) in [5, 5.41) is 14.8. The summed E-state index contributed by atoms with van der Waals surface area (Å²) in [6.45, 7) is 6.53. The molecule has 0 unspecified atom stereocenters. The summed E-state index contributed by atoms with van der Waals surface area (Å²) >= 11 is 0. The van der Waals surface area contributed by atoms with Gasteiger partial charge in [0.1, 0.15) is 11.5 Å². The van der Waals surface area contributed by atoms with Crippen LogP contribution >= 0.6 is 0 Å². The maximum absolute atomic E-state index is 12.2. The van der Waals surface area contributed by atoms with Crippen molar-refractivity contribution in [2.75, 3.05) is 13.2 Å². The molecule has 0 radical (unpaired) electrons. The molecule has 0 spiro atoms. The highest BCUT2D eigenvalue weighted by Crippen LogP contribution is 2.25. The fourth-order valence-corrected chi connectivity index (χ4v) is 2.32. The molecule has 0 fully saturated rings. The van der Waals surface area contributed by atoms with Crippen LogP contribution in [-0.4, -0.2) is 29.8 Å². The Morgan fingerprint density at radius 2 is 1.78 bits per heavy atom. The Morgan fingerprint density at radius 3 is 2.37 bits per heavy atom. The van der Waals surface area contributed by atoms with E-state index in [-0.39, 0.29) is 11.3 Å². The third-order valence-electron chi connectivity index (χ3n) is 3.62. The van der Waals surface area contributed by atoms with Crippen molar-refractivity contribution in [2.45, 2.75) is 20.8 Å². The van der Waals surface area contributed by atoms with Gasteiger partial charge in [0.05, 0.1) is 23.8 Å². The molecule has 2 aromatic carbocycles. The summed E-state index contributed by atoms with van der Waals surface area (Å²) in [5.41, 5.74) is 3.87. The molecule has 0 atom stereocenters. The van der Waals surface area contributed by atoms with E-state index in [2.05, 4.69) is 10.5 Å². The molecule has 0 aliphatic carbocycles. The second kappa shape index (κ2) is 9.33. The summed E-state index contributed by atoms with van der Waals surface area (Å²) in [5.74, 6) is 0.835. The van der Waals surface area contributed by atoms with Gasteiger partial charge in [0.15, 0.2) is 0 Å². The molecule has 0 saturated carbocycles. The van der Waals surface area contributed by atoms with Gasteiger partial charge in [-0.3, -0.25) is 14.9 Å². The Labute approximate surface area is 157 Å². The lowest BCUT2D eigenvalue weighted by Gasteiger charge is -2.12. The Morgan fingerprint density at radius 1 is 1.11 bits per heavy atom. The largest absolute Gasteiger partial charge is 0.494 e. The minimum atomic E-state index is -0.523. The quantitative estimate of drug-likeness (QED) is 0.434. The lowest BCUT2D eigenvalue weighted by molar-refractivity contribution is -0.384. The van der Waals surface area contributed by atoms with Crippen LogP contribution in [-0.2, 0) is 0 Å². The number of carbonyl (C=O) groups is 1. The number of carbonyl (C=O) groups excluding carboxylic acids is 1.